The lowest BCUT2D eigenvalue weighted by molar-refractivity contribution is 0.474. The van der Waals surface area contributed by atoms with Crippen molar-refractivity contribution in [2.24, 2.45) is 10.2 Å². The van der Waals surface area contributed by atoms with Crippen molar-refractivity contribution in [1.82, 2.24) is 4.72 Å². The zero-order valence-corrected chi connectivity index (χ0v) is 15.8. The molecule has 3 aromatic rings. The van der Waals surface area contributed by atoms with Gasteiger partial charge in [0.15, 0.2) is 0 Å². The first-order valence-electron chi connectivity index (χ1n) is 7.97. The third-order valence-electron chi connectivity index (χ3n) is 3.78. The maximum Gasteiger partial charge on any atom is 0.240 e. The number of benzene rings is 3. The van der Waals surface area contributed by atoms with Gasteiger partial charge < -0.3 is 10.2 Å². The van der Waals surface area contributed by atoms with Crippen molar-refractivity contribution in [3.63, 3.8) is 0 Å². The maximum absolute atomic E-state index is 12.2. The van der Waals surface area contributed by atoms with Gasteiger partial charge in [-0.05, 0) is 41.8 Å². The minimum atomic E-state index is -3.60. The molecule has 0 amide bonds. The molecule has 140 valence electrons. The van der Waals surface area contributed by atoms with Crippen LogP contribution >= 0.6 is 11.6 Å². The normalized spacial score (nSPS) is 12.1. The van der Waals surface area contributed by atoms with Crippen molar-refractivity contribution in [2.45, 2.75) is 11.8 Å². The molecule has 0 heterocycles. The molecule has 3 rings (SSSR count). The summed E-state index contributed by atoms with van der Waals surface area (Å²) >= 11 is 5.89. The molecule has 0 aliphatic rings. The van der Waals surface area contributed by atoms with Gasteiger partial charge in [-0.3, -0.25) is 0 Å². The number of sulfonamides is 1. The molecule has 0 radical (unpaired) electrons. The highest BCUT2D eigenvalue weighted by Crippen LogP contribution is 2.38. The van der Waals surface area contributed by atoms with Crippen LogP contribution in [0.1, 0.15) is 6.92 Å². The number of hydrogen-bond acceptors (Lipinski definition) is 6. The van der Waals surface area contributed by atoms with E-state index in [2.05, 4.69) is 15.0 Å². The number of aromatic hydroxyl groups is 2. The SMILES string of the molecule is CCNS(=O)(=O)c1ccc2c(N=Nc3cc(Cl)ccc3O)c(O)ccc2c1. The van der Waals surface area contributed by atoms with Gasteiger partial charge >= 0.3 is 0 Å². The van der Waals surface area contributed by atoms with Gasteiger partial charge in [0.25, 0.3) is 0 Å². The number of hydrogen-bond donors (Lipinski definition) is 3. The Morgan fingerprint density at radius 1 is 1.00 bits per heavy atom. The predicted octanol–water partition coefficient (Wildman–Crippen LogP) is 4.62. The average molecular weight is 406 g/mol. The maximum atomic E-state index is 12.2. The van der Waals surface area contributed by atoms with Gasteiger partial charge in [0, 0.05) is 17.0 Å². The third kappa shape index (κ3) is 4.02. The van der Waals surface area contributed by atoms with Crippen molar-refractivity contribution in [2.75, 3.05) is 6.54 Å². The van der Waals surface area contributed by atoms with E-state index in [1.54, 1.807) is 19.1 Å². The van der Waals surface area contributed by atoms with Gasteiger partial charge in [0.1, 0.15) is 22.9 Å². The lowest BCUT2D eigenvalue weighted by atomic mass is 10.1. The van der Waals surface area contributed by atoms with Gasteiger partial charge in [-0.15, -0.1) is 10.2 Å². The molecular weight excluding hydrogens is 390 g/mol. The standard InChI is InChI=1S/C18H16ClN3O4S/c1-2-20-27(25,26)13-5-6-14-11(9-13)3-7-17(24)18(14)22-21-15-10-12(19)4-8-16(15)23/h3-10,20,23-24H,2H2,1H3. The highest BCUT2D eigenvalue weighted by molar-refractivity contribution is 7.89. The number of phenols is 2. The van der Waals surface area contributed by atoms with Crippen LogP contribution in [-0.2, 0) is 10.0 Å². The largest absolute Gasteiger partial charge is 0.506 e. The summed E-state index contributed by atoms with van der Waals surface area (Å²) in [7, 11) is -3.60. The Kier molecular flexibility index (Phi) is 5.31. The molecule has 0 aromatic heterocycles. The Labute approximate surface area is 161 Å². The second kappa shape index (κ2) is 7.51. The summed E-state index contributed by atoms with van der Waals surface area (Å²) in [5.41, 5.74) is 0.296. The number of phenolic OH excluding ortho intramolecular Hbond substituents is 2. The van der Waals surface area contributed by atoms with E-state index in [1.165, 1.54) is 36.4 Å². The number of fused-ring (bicyclic) bond motifs is 1. The molecule has 0 aliphatic carbocycles. The lowest BCUT2D eigenvalue weighted by Gasteiger charge is -2.08. The molecule has 3 N–H and O–H groups in total. The Balaban J connectivity index is 2.09. The quantitative estimate of drug-likeness (QED) is 0.537. The summed E-state index contributed by atoms with van der Waals surface area (Å²) in [4.78, 5) is 0.109. The van der Waals surface area contributed by atoms with Gasteiger partial charge in [-0.1, -0.05) is 30.7 Å². The van der Waals surface area contributed by atoms with Crippen molar-refractivity contribution in [3.05, 3.63) is 53.6 Å². The van der Waals surface area contributed by atoms with Crippen LogP contribution in [-0.4, -0.2) is 25.2 Å². The Hall–Kier alpha value is -2.68. The zero-order chi connectivity index (χ0) is 19.6. The van der Waals surface area contributed by atoms with E-state index in [4.69, 9.17) is 11.6 Å². The second-order valence-electron chi connectivity index (χ2n) is 5.65. The Morgan fingerprint density at radius 3 is 2.48 bits per heavy atom. The van der Waals surface area contributed by atoms with Crippen molar-refractivity contribution >= 4 is 43.8 Å². The van der Waals surface area contributed by atoms with Crippen molar-refractivity contribution in [3.8, 4) is 11.5 Å². The number of rotatable bonds is 5. The van der Waals surface area contributed by atoms with E-state index in [9.17, 15) is 18.6 Å². The van der Waals surface area contributed by atoms with E-state index >= 15 is 0 Å². The lowest BCUT2D eigenvalue weighted by Crippen LogP contribution is -2.22. The molecule has 0 fully saturated rings. The fourth-order valence-corrected chi connectivity index (χ4v) is 3.75. The molecule has 0 spiro atoms. The molecule has 0 bridgehead atoms. The second-order valence-corrected chi connectivity index (χ2v) is 7.85. The smallest absolute Gasteiger partial charge is 0.240 e. The van der Waals surface area contributed by atoms with E-state index in [0.717, 1.165) is 0 Å². The van der Waals surface area contributed by atoms with E-state index < -0.39 is 10.0 Å². The topological polar surface area (TPSA) is 111 Å². The van der Waals surface area contributed by atoms with Crippen LogP contribution in [0.4, 0.5) is 11.4 Å². The fourth-order valence-electron chi connectivity index (χ4n) is 2.51. The summed E-state index contributed by atoms with van der Waals surface area (Å²) in [6.07, 6.45) is 0. The minimum absolute atomic E-state index is 0.109. The zero-order valence-electron chi connectivity index (χ0n) is 14.2. The van der Waals surface area contributed by atoms with Gasteiger partial charge in [0.05, 0.1) is 4.90 Å². The summed E-state index contributed by atoms with van der Waals surface area (Å²) in [6.45, 7) is 1.97. The van der Waals surface area contributed by atoms with Crippen LogP contribution in [0, 0.1) is 0 Å². The number of halogens is 1. The molecular formula is C18H16ClN3O4S. The highest BCUT2D eigenvalue weighted by atomic mass is 35.5. The average Bonchev–Trinajstić information content (AvgIpc) is 2.63. The van der Waals surface area contributed by atoms with Gasteiger partial charge in [-0.25, -0.2) is 13.1 Å². The number of azo groups is 1. The van der Waals surface area contributed by atoms with Gasteiger partial charge in [-0.2, -0.15) is 0 Å². The highest BCUT2D eigenvalue weighted by Gasteiger charge is 2.15. The van der Waals surface area contributed by atoms with E-state index in [1.807, 2.05) is 0 Å². The first-order valence-corrected chi connectivity index (χ1v) is 9.83. The van der Waals surface area contributed by atoms with Crippen molar-refractivity contribution in [1.29, 1.82) is 0 Å². The molecule has 0 atom stereocenters. The molecule has 9 heteroatoms. The Bertz CT molecular complexity index is 1150. The minimum Gasteiger partial charge on any atom is -0.506 e. The van der Waals surface area contributed by atoms with Crippen LogP contribution < -0.4 is 4.72 Å². The van der Waals surface area contributed by atoms with Crippen LogP contribution in [0.25, 0.3) is 10.8 Å². The summed E-state index contributed by atoms with van der Waals surface area (Å²) in [6, 6.07) is 11.8. The fraction of sp³-hybridized carbons (Fsp3) is 0.111. The Morgan fingerprint density at radius 2 is 1.74 bits per heavy atom. The number of nitrogens with one attached hydrogen (secondary N) is 1. The third-order valence-corrected chi connectivity index (χ3v) is 5.56. The van der Waals surface area contributed by atoms with Crippen molar-refractivity contribution < 1.29 is 18.6 Å². The molecule has 7 nitrogen and oxygen atoms in total. The molecule has 27 heavy (non-hydrogen) atoms. The van der Waals surface area contributed by atoms with Gasteiger partial charge in [0.2, 0.25) is 10.0 Å². The van der Waals surface area contributed by atoms with Crippen LogP contribution in [0.5, 0.6) is 11.5 Å². The van der Waals surface area contributed by atoms with Crippen LogP contribution in [0.15, 0.2) is 63.7 Å². The summed E-state index contributed by atoms with van der Waals surface area (Å²) < 4.78 is 26.8. The van der Waals surface area contributed by atoms with E-state index in [0.29, 0.717) is 15.8 Å². The molecule has 0 unspecified atom stereocenters. The summed E-state index contributed by atoms with van der Waals surface area (Å²) in [5, 5.41) is 29.4. The van der Waals surface area contributed by atoms with Crippen LogP contribution in [0.3, 0.4) is 0 Å². The molecule has 3 aromatic carbocycles. The number of nitrogens with zero attached hydrogens (tertiary/aromatic N) is 2. The molecule has 0 saturated heterocycles. The first kappa shape index (κ1) is 19.1. The van der Waals surface area contributed by atoms with E-state index in [-0.39, 0.29) is 34.3 Å². The summed E-state index contributed by atoms with van der Waals surface area (Å²) in [5.74, 6) is -0.239. The molecule has 0 saturated carbocycles. The monoisotopic (exact) mass is 405 g/mol. The molecule has 0 aliphatic heterocycles. The predicted molar refractivity (Wildman–Crippen MR) is 104 cm³/mol. The van der Waals surface area contributed by atoms with Crippen LogP contribution in [0.2, 0.25) is 5.02 Å². The first-order chi connectivity index (χ1) is 12.8.